The summed E-state index contributed by atoms with van der Waals surface area (Å²) in [6.07, 6.45) is 7.27. The predicted octanol–water partition coefficient (Wildman–Crippen LogP) is 5.29. The van der Waals surface area contributed by atoms with Crippen molar-refractivity contribution in [2.24, 2.45) is 0 Å². The number of H-pyrrole nitrogens is 2. The van der Waals surface area contributed by atoms with Crippen molar-refractivity contribution in [3.63, 3.8) is 0 Å². The van der Waals surface area contributed by atoms with Crippen LogP contribution in [0.25, 0.3) is 55.0 Å². The summed E-state index contributed by atoms with van der Waals surface area (Å²) in [5, 5.41) is 11.7. The summed E-state index contributed by atoms with van der Waals surface area (Å²) in [5.41, 5.74) is 6.52. The third-order valence-electron chi connectivity index (χ3n) is 4.98. The molecule has 2 N–H and O–H groups in total. The van der Waals surface area contributed by atoms with Crippen molar-refractivity contribution < 1.29 is 0 Å². The highest BCUT2D eigenvalue weighted by molar-refractivity contribution is 7.13. The van der Waals surface area contributed by atoms with Crippen LogP contribution in [-0.2, 0) is 0 Å². The molecule has 0 fully saturated rings. The number of nitrogens with zero attached hydrogens (tertiary/aromatic N) is 4. The van der Waals surface area contributed by atoms with Gasteiger partial charge < -0.3 is 4.98 Å². The lowest BCUT2D eigenvalue weighted by Gasteiger charge is -2.01. The van der Waals surface area contributed by atoms with Gasteiger partial charge in [0.15, 0.2) is 5.65 Å². The topological polar surface area (TPSA) is 83.1 Å². The fraction of sp³-hybridized carbons (Fsp3) is 0. The van der Waals surface area contributed by atoms with E-state index in [4.69, 9.17) is 0 Å². The monoisotopic (exact) mass is 394 g/mol. The van der Waals surface area contributed by atoms with Crippen LogP contribution in [0.15, 0.2) is 72.6 Å². The number of nitrogens with one attached hydrogen (secondary N) is 2. The Morgan fingerprint density at radius 3 is 2.69 bits per heavy atom. The highest BCUT2D eigenvalue weighted by Gasteiger charge is 2.15. The van der Waals surface area contributed by atoms with Crippen molar-refractivity contribution >= 4 is 33.4 Å². The molecular weight excluding hydrogens is 380 g/mol. The first-order valence-corrected chi connectivity index (χ1v) is 10.0. The molecule has 0 atom stereocenters. The molecule has 0 aromatic carbocycles. The van der Waals surface area contributed by atoms with Gasteiger partial charge in [-0.2, -0.15) is 5.10 Å². The predicted molar refractivity (Wildman–Crippen MR) is 116 cm³/mol. The Kier molecular flexibility index (Phi) is 3.54. The number of aromatic amines is 2. The third kappa shape index (κ3) is 2.63. The highest BCUT2D eigenvalue weighted by Crippen LogP contribution is 2.35. The van der Waals surface area contributed by atoms with Crippen molar-refractivity contribution in [2.45, 2.75) is 0 Å². The van der Waals surface area contributed by atoms with Crippen LogP contribution in [0.1, 0.15) is 0 Å². The minimum atomic E-state index is 0.748. The van der Waals surface area contributed by atoms with E-state index in [0.29, 0.717) is 0 Å². The molecule has 0 bridgehead atoms. The van der Waals surface area contributed by atoms with E-state index in [9.17, 15) is 0 Å². The number of aromatic nitrogens is 6. The lowest BCUT2D eigenvalue weighted by Crippen LogP contribution is -1.83. The Labute approximate surface area is 169 Å². The average Bonchev–Trinajstić information content (AvgIpc) is 3.52. The fourth-order valence-electron chi connectivity index (χ4n) is 3.60. The van der Waals surface area contributed by atoms with E-state index < -0.39 is 0 Å². The van der Waals surface area contributed by atoms with Gasteiger partial charge in [0.2, 0.25) is 0 Å². The second kappa shape index (κ2) is 6.35. The number of fused-ring (bicyclic) bond motifs is 2. The van der Waals surface area contributed by atoms with Gasteiger partial charge in [-0.05, 0) is 35.7 Å². The molecule has 6 nitrogen and oxygen atoms in total. The average molecular weight is 394 g/mol. The second-order valence-electron chi connectivity index (χ2n) is 6.72. The number of hydrogen-bond donors (Lipinski definition) is 2. The zero-order valence-corrected chi connectivity index (χ0v) is 15.9. The van der Waals surface area contributed by atoms with Crippen molar-refractivity contribution in [2.75, 3.05) is 0 Å². The quantitative estimate of drug-likeness (QED) is 0.427. The smallest absolute Gasteiger partial charge is 0.155 e. The lowest BCUT2D eigenvalue weighted by atomic mass is 10.1. The van der Waals surface area contributed by atoms with Crippen LogP contribution in [0.3, 0.4) is 0 Å². The second-order valence-corrected chi connectivity index (χ2v) is 7.66. The van der Waals surface area contributed by atoms with E-state index in [1.807, 2.05) is 30.7 Å². The standard InChI is InChI=1S/C22H14N6S/c1-3-13(11-23-6-1)14-9-17-20(27-28-22(17)25-12-14)18-10-16-15(19-4-2-8-29-19)5-7-24-21(16)26-18/h1-12H,(H,24,26)(H,25,27,28). The molecule has 0 saturated carbocycles. The summed E-state index contributed by atoms with van der Waals surface area (Å²) in [6, 6.07) is 14.4. The summed E-state index contributed by atoms with van der Waals surface area (Å²) >= 11 is 1.72. The molecule has 0 aliphatic carbocycles. The summed E-state index contributed by atoms with van der Waals surface area (Å²) in [7, 11) is 0. The molecule has 6 rings (SSSR count). The van der Waals surface area contributed by atoms with Crippen LogP contribution in [0.2, 0.25) is 0 Å². The number of rotatable bonds is 3. The maximum absolute atomic E-state index is 4.54. The van der Waals surface area contributed by atoms with Gasteiger partial charge in [0.1, 0.15) is 11.3 Å². The lowest BCUT2D eigenvalue weighted by molar-refractivity contribution is 1.10. The van der Waals surface area contributed by atoms with Crippen molar-refractivity contribution in [3.05, 3.63) is 72.6 Å². The zero-order valence-electron chi connectivity index (χ0n) is 15.1. The first-order chi connectivity index (χ1) is 14.4. The van der Waals surface area contributed by atoms with E-state index in [1.54, 1.807) is 17.5 Å². The molecule has 0 amide bonds. The molecule has 6 aromatic heterocycles. The molecule has 0 aliphatic heterocycles. The molecule has 6 aromatic rings. The van der Waals surface area contributed by atoms with Gasteiger partial charge in [0.25, 0.3) is 0 Å². The summed E-state index contributed by atoms with van der Waals surface area (Å²) < 4.78 is 0. The van der Waals surface area contributed by atoms with Crippen molar-refractivity contribution in [1.82, 2.24) is 30.1 Å². The molecule has 0 aliphatic rings. The summed E-state index contributed by atoms with van der Waals surface area (Å²) in [4.78, 5) is 17.9. The van der Waals surface area contributed by atoms with Gasteiger partial charge in [-0.15, -0.1) is 11.3 Å². The van der Waals surface area contributed by atoms with Gasteiger partial charge >= 0.3 is 0 Å². The van der Waals surface area contributed by atoms with Gasteiger partial charge in [-0.1, -0.05) is 12.1 Å². The largest absolute Gasteiger partial charge is 0.338 e. The van der Waals surface area contributed by atoms with Crippen LogP contribution >= 0.6 is 11.3 Å². The zero-order chi connectivity index (χ0) is 19.2. The van der Waals surface area contributed by atoms with E-state index in [2.05, 4.69) is 65.8 Å². The van der Waals surface area contributed by atoms with Gasteiger partial charge in [0, 0.05) is 57.1 Å². The van der Waals surface area contributed by atoms with Crippen LogP contribution in [0, 0.1) is 0 Å². The molecule has 0 unspecified atom stereocenters. The van der Waals surface area contributed by atoms with Crippen LogP contribution in [0.4, 0.5) is 0 Å². The third-order valence-corrected chi connectivity index (χ3v) is 5.89. The molecular formula is C22H14N6S. The highest BCUT2D eigenvalue weighted by atomic mass is 32.1. The summed E-state index contributed by atoms with van der Waals surface area (Å²) in [6.45, 7) is 0. The van der Waals surface area contributed by atoms with E-state index >= 15 is 0 Å². The van der Waals surface area contributed by atoms with Gasteiger partial charge in [-0.25, -0.2) is 9.97 Å². The number of pyridine rings is 3. The maximum atomic E-state index is 4.54. The molecule has 6 heterocycles. The minimum Gasteiger partial charge on any atom is -0.338 e. The first-order valence-electron chi connectivity index (χ1n) is 9.13. The van der Waals surface area contributed by atoms with Crippen LogP contribution in [0.5, 0.6) is 0 Å². The Hall–Kier alpha value is -3.84. The van der Waals surface area contributed by atoms with Crippen molar-refractivity contribution in [3.8, 4) is 33.0 Å². The van der Waals surface area contributed by atoms with Crippen LogP contribution < -0.4 is 0 Å². The van der Waals surface area contributed by atoms with Crippen molar-refractivity contribution in [1.29, 1.82) is 0 Å². The molecule has 0 radical (unpaired) electrons. The Morgan fingerprint density at radius 1 is 0.828 bits per heavy atom. The summed E-state index contributed by atoms with van der Waals surface area (Å²) in [5.74, 6) is 0. The van der Waals surface area contributed by atoms with E-state index in [1.165, 1.54) is 10.4 Å². The van der Waals surface area contributed by atoms with Crippen LogP contribution in [-0.4, -0.2) is 30.1 Å². The first kappa shape index (κ1) is 16.1. The fourth-order valence-corrected chi connectivity index (χ4v) is 4.37. The minimum absolute atomic E-state index is 0.748. The van der Waals surface area contributed by atoms with Gasteiger partial charge in [0.05, 0.1) is 5.69 Å². The van der Waals surface area contributed by atoms with Gasteiger partial charge in [-0.3, -0.25) is 10.1 Å². The normalized spacial score (nSPS) is 11.4. The number of hydrogen-bond acceptors (Lipinski definition) is 5. The number of thiophene rings is 1. The van der Waals surface area contributed by atoms with E-state index in [-0.39, 0.29) is 0 Å². The Balaban J connectivity index is 1.53. The molecule has 138 valence electrons. The molecule has 0 spiro atoms. The Bertz CT molecular complexity index is 1450. The van der Waals surface area contributed by atoms with E-state index in [0.717, 1.165) is 44.6 Å². The molecule has 29 heavy (non-hydrogen) atoms. The molecule has 0 saturated heterocycles. The molecule has 7 heteroatoms. The Morgan fingerprint density at radius 2 is 1.83 bits per heavy atom. The SMILES string of the molecule is c1cncc(-c2cnc3[nH]nc(-c4cc5c(-c6cccs6)ccnc5[nH]4)c3c2)c1. The maximum Gasteiger partial charge on any atom is 0.155 e.